The number of hydrogen-bond acceptors (Lipinski definition) is 5. The van der Waals surface area contributed by atoms with Crippen LogP contribution in [0.2, 0.25) is 0 Å². The molecule has 0 saturated carbocycles. The molecule has 0 aliphatic carbocycles. The van der Waals surface area contributed by atoms with Gasteiger partial charge in [-0.25, -0.2) is 9.97 Å². The Kier molecular flexibility index (Phi) is 5.85. The smallest absolute Gasteiger partial charge is 0.274 e. The number of carbonyl (C=O) groups is 1. The number of benzene rings is 1. The molecule has 0 aliphatic rings. The highest BCUT2D eigenvalue weighted by molar-refractivity contribution is 6.03. The predicted molar refractivity (Wildman–Crippen MR) is 86.1 cm³/mol. The molecule has 1 aromatic heterocycles. The first-order valence-electron chi connectivity index (χ1n) is 7.14. The summed E-state index contributed by atoms with van der Waals surface area (Å²) in [6, 6.07) is 10.9. The van der Waals surface area contributed by atoms with E-state index in [9.17, 15) is 4.79 Å². The SMILES string of the molecule is COCCCNc1cc(C(=O)Nc2ccccc2)nc(C)n1. The van der Waals surface area contributed by atoms with Crippen LogP contribution in [0, 0.1) is 6.92 Å². The lowest BCUT2D eigenvalue weighted by Crippen LogP contribution is -2.16. The Labute approximate surface area is 129 Å². The van der Waals surface area contributed by atoms with E-state index in [1.54, 1.807) is 20.1 Å². The number of ether oxygens (including phenoxy) is 1. The van der Waals surface area contributed by atoms with Crippen molar-refractivity contribution in [3.8, 4) is 0 Å². The molecule has 0 unspecified atom stereocenters. The van der Waals surface area contributed by atoms with E-state index < -0.39 is 0 Å². The first-order valence-corrected chi connectivity index (χ1v) is 7.14. The van der Waals surface area contributed by atoms with Gasteiger partial charge in [-0.15, -0.1) is 0 Å². The van der Waals surface area contributed by atoms with Crippen molar-refractivity contribution in [1.29, 1.82) is 0 Å². The number of anilines is 2. The number of nitrogens with one attached hydrogen (secondary N) is 2. The summed E-state index contributed by atoms with van der Waals surface area (Å²) in [5.74, 6) is 0.938. The summed E-state index contributed by atoms with van der Waals surface area (Å²) in [4.78, 5) is 20.7. The number of para-hydroxylation sites is 1. The molecule has 1 heterocycles. The zero-order valence-electron chi connectivity index (χ0n) is 12.8. The molecule has 1 amide bonds. The lowest BCUT2D eigenvalue weighted by atomic mass is 10.3. The molecular formula is C16H20N4O2. The van der Waals surface area contributed by atoms with Crippen molar-refractivity contribution in [2.45, 2.75) is 13.3 Å². The third-order valence-corrected chi connectivity index (χ3v) is 2.93. The van der Waals surface area contributed by atoms with Gasteiger partial charge >= 0.3 is 0 Å². The molecule has 0 aliphatic heterocycles. The first-order chi connectivity index (χ1) is 10.7. The molecule has 6 heteroatoms. The highest BCUT2D eigenvalue weighted by Crippen LogP contribution is 2.11. The first kappa shape index (κ1) is 15.9. The topological polar surface area (TPSA) is 76.1 Å². The number of aryl methyl sites for hydroxylation is 1. The summed E-state index contributed by atoms with van der Waals surface area (Å²) in [5, 5.41) is 5.98. The second-order valence-electron chi connectivity index (χ2n) is 4.78. The molecule has 2 N–H and O–H groups in total. The molecule has 0 atom stereocenters. The molecular weight excluding hydrogens is 280 g/mol. The molecule has 0 bridgehead atoms. The Hall–Kier alpha value is -2.47. The number of rotatable bonds is 7. The van der Waals surface area contributed by atoms with Crippen LogP contribution < -0.4 is 10.6 Å². The van der Waals surface area contributed by atoms with E-state index in [1.165, 1.54) is 0 Å². The molecule has 2 rings (SSSR count). The average molecular weight is 300 g/mol. The van der Waals surface area contributed by atoms with Gasteiger partial charge in [-0.3, -0.25) is 4.79 Å². The zero-order valence-corrected chi connectivity index (χ0v) is 12.8. The van der Waals surface area contributed by atoms with Crippen molar-refractivity contribution in [2.75, 3.05) is 30.9 Å². The number of aromatic nitrogens is 2. The van der Waals surface area contributed by atoms with Crippen molar-refractivity contribution < 1.29 is 9.53 Å². The minimum atomic E-state index is -0.253. The zero-order chi connectivity index (χ0) is 15.8. The van der Waals surface area contributed by atoms with E-state index in [2.05, 4.69) is 20.6 Å². The van der Waals surface area contributed by atoms with Crippen LogP contribution in [0.3, 0.4) is 0 Å². The summed E-state index contributed by atoms with van der Waals surface area (Å²) in [6.07, 6.45) is 0.866. The standard InChI is InChI=1S/C16H20N4O2/c1-12-18-14(11-15(19-12)17-9-6-10-22-2)16(21)20-13-7-4-3-5-8-13/h3-5,7-8,11H,6,9-10H2,1-2H3,(H,20,21)(H,17,18,19). The van der Waals surface area contributed by atoms with Crippen LogP contribution in [0.15, 0.2) is 36.4 Å². The largest absolute Gasteiger partial charge is 0.385 e. The normalized spacial score (nSPS) is 10.3. The van der Waals surface area contributed by atoms with Gasteiger partial charge in [-0.2, -0.15) is 0 Å². The van der Waals surface area contributed by atoms with Gasteiger partial charge in [0.05, 0.1) is 0 Å². The lowest BCUT2D eigenvalue weighted by molar-refractivity contribution is 0.102. The average Bonchev–Trinajstić information content (AvgIpc) is 2.52. The van der Waals surface area contributed by atoms with E-state index in [4.69, 9.17) is 4.74 Å². The van der Waals surface area contributed by atoms with Crippen LogP contribution in [0.5, 0.6) is 0 Å². The Morgan fingerprint density at radius 1 is 1.23 bits per heavy atom. The van der Waals surface area contributed by atoms with Crippen molar-refractivity contribution in [3.05, 3.63) is 47.9 Å². The highest BCUT2D eigenvalue weighted by atomic mass is 16.5. The van der Waals surface area contributed by atoms with Crippen LogP contribution in [-0.4, -0.2) is 36.1 Å². The highest BCUT2D eigenvalue weighted by Gasteiger charge is 2.10. The summed E-state index contributed by atoms with van der Waals surface area (Å²) in [7, 11) is 1.67. The van der Waals surface area contributed by atoms with E-state index in [0.717, 1.165) is 18.7 Å². The van der Waals surface area contributed by atoms with Crippen LogP contribution in [0.4, 0.5) is 11.5 Å². The second-order valence-corrected chi connectivity index (χ2v) is 4.78. The number of carbonyl (C=O) groups excluding carboxylic acids is 1. The molecule has 0 radical (unpaired) electrons. The van der Waals surface area contributed by atoms with E-state index in [-0.39, 0.29) is 5.91 Å². The molecule has 0 spiro atoms. The number of methoxy groups -OCH3 is 1. The van der Waals surface area contributed by atoms with E-state index >= 15 is 0 Å². The fourth-order valence-corrected chi connectivity index (χ4v) is 1.92. The van der Waals surface area contributed by atoms with Crippen LogP contribution in [0.25, 0.3) is 0 Å². The quantitative estimate of drug-likeness (QED) is 0.768. The maximum Gasteiger partial charge on any atom is 0.274 e. The molecule has 0 saturated heterocycles. The Bertz CT molecular complexity index is 617. The van der Waals surface area contributed by atoms with Crippen molar-refractivity contribution in [2.24, 2.45) is 0 Å². The van der Waals surface area contributed by atoms with E-state index in [0.29, 0.717) is 23.9 Å². The molecule has 6 nitrogen and oxygen atoms in total. The predicted octanol–water partition coefficient (Wildman–Crippen LogP) is 2.49. The summed E-state index contributed by atoms with van der Waals surface area (Å²) < 4.78 is 4.99. The van der Waals surface area contributed by atoms with Gasteiger partial charge < -0.3 is 15.4 Å². The van der Waals surface area contributed by atoms with Gasteiger partial charge in [0.1, 0.15) is 17.3 Å². The lowest BCUT2D eigenvalue weighted by Gasteiger charge is -2.09. The molecule has 22 heavy (non-hydrogen) atoms. The Balaban J connectivity index is 2.03. The monoisotopic (exact) mass is 300 g/mol. The maximum atomic E-state index is 12.2. The summed E-state index contributed by atoms with van der Waals surface area (Å²) in [6.45, 7) is 3.17. The van der Waals surface area contributed by atoms with Crippen LogP contribution in [0.1, 0.15) is 22.7 Å². The number of nitrogens with zero attached hydrogens (tertiary/aromatic N) is 2. The van der Waals surface area contributed by atoms with E-state index in [1.807, 2.05) is 30.3 Å². The molecule has 1 aromatic carbocycles. The van der Waals surface area contributed by atoms with Crippen LogP contribution >= 0.6 is 0 Å². The number of amides is 1. The third kappa shape index (κ3) is 4.82. The van der Waals surface area contributed by atoms with Gasteiger partial charge in [-0.05, 0) is 25.5 Å². The Morgan fingerprint density at radius 3 is 2.73 bits per heavy atom. The van der Waals surface area contributed by atoms with Gasteiger partial charge in [0.15, 0.2) is 0 Å². The second kappa shape index (κ2) is 8.09. The Morgan fingerprint density at radius 2 is 2.00 bits per heavy atom. The maximum absolute atomic E-state index is 12.2. The third-order valence-electron chi connectivity index (χ3n) is 2.93. The summed E-state index contributed by atoms with van der Waals surface area (Å²) >= 11 is 0. The van der Waals surface area contributed by atoms with Crippen molar-refractivity contribution in [3.63, 3.8) is 0 Å². The van der Waals surface area contributed by atoms with Gasteiger partial charge in [-0.1, -0.05) is 18.2 Å². The minimum Gasteiger partial charge on any atom is -0.385 e. The fourth-order valence-electron chi connectivity index (χ4n) is 1.92. The van der Waals surface area contributed by atoms with Crippen LogP contribution in [-0.2, 0) is 4.74 Å². The molecule has 2 aromatic rings. The molecule has 116 valence electrons. The summed E-state index contributed by atoms with van der Waals surface area (Å²) in [5.41, 5.74) is 1.07. The van der Waals surface area contributed by atoms with Gasteiger partial charge in [0, 0.05) is 32.0 Å². The minimum absolute atomic E-state index is 0.253. The van der Waals surface area contributed by atoms with Gasteiger partial charge in [0.2, 0.25) is 0 Å². The molecule has 0 fully saturated rings. The van der Waals surface area contributed by atoms with Crippen molar-refractivity contribution >= 4 is 17.4 Å². The van der Waals surface area contributed by atoms with Gasteiger partial charge in [0.25, 0.3) is 5.91 Å². The van der Waals surface area contributed by atoms with Crippen molar-refractivity contribution in [1.82, 2.24) is 9.97 Å². The number of hydrogen-bond donors (Lipinski definition) is 2. The fraction of sp³-hybridized carbons (Fsp3) is 0.312.